The summed E-state index contributed by atoms with van der Waals surface area (Å²) in [5, 5.41) is 14.3. The van der Waals surface area contributed by atoms with Crippen molar-refractivity contribution in [3.8, 4) is 22.5 Å². The van der Waals surface area contributed by atoms with Crippen molar-refractivity contribution < 1.29 is 4.74 Å². The zero-order valence-electron chi connectivity index (χ0n) is 18.6. The number of aromatic amines is 2. The van der Waals surface area contributed by atoms with Crippen LogP contribution in [-0.4, -0.2) is 53.4 Å². The van der Waals surface area contributed by atoms with E-state index in [1.165, 1.54) is 7.11 Å². The molecule has 3 heterocycles. The lowest BCUT2D eigenvalue weighted by molar-refractivity contribution is 0.185. The Morgan fingerprint density at radius 1 is 1.00 bits per heavy atom. The fraction of sp³-hybridized carbons (Fsp3) is 0.217. The van der Waals surface area contributed by atoms with Gasteiger partial charge in [-0.1, -0.05) is 48.5 Å². The molecule has 0 bridgehead atoms. The molecule has 2 N–H and O–H groups in total. The van der Waals surface area contributed by atoms with Gasteiger partial charge in [-0.2, -0.15) is 5.21 Å². The minimum absolute atomic E-state index is 0.166. The number of hydrogen-bond donors (Lipinski definition) is 2. The largest absolute Gasteiger partial charge is 0.383 e. The lowest BCUT2D eigenvalue weighted by Gasteiger charge is -2.10. The molecular weight excluding hydrogens is 436 g/mol. The van der Waals surface area contributed by atoms with E-state index >= 15 is 0 Å². The van der Waals surface area contributed by atoms with E-state index in [1.54, 1.807) is 0 Å². The number of nitrogens with zero attached hydrogens (tertiary/aromatic N) is 6. The molecule has 0 atom stereocenters. The molecular formula is C23H22N8O3. The van der Waals surface area contributed by atoms with E-state index in [4.69, 9.17) is 4.74 Å². The first-order chi connectivity index (χ1) is 16.6. The number of ether oxygens (including phenoxy) is 1. The van der Waals surface area contributed by atoms with Crippen LogP contribution in [0.25, 0.3) is 33.7 Å². The number of aryl methyl sites for hydroxylation is 1. The highest BCUT2D eigenvalue weighted by atomic mass is 16.5. The van der Waals surface area contributed by atoms with Crippen molar-refractivity contribution in [3.05, 3.63) is 80.8 Å². The van der Waals surface area contributed by atoms with Crippen molar-refractivity contribution in [1.29, 1.82) is 0 Å². The Morgan fingerprint density at radius 2 is 1.76 bits per heavy atom. The molecule has 3 aromatic heterocycles. The molecule has 0 aliphatic rings. The van der Waals surface area contributed by atoms with Crippen molar-refractivity contribution >= 4 is 11.2 Å². The van der Waals surface area contributed by atoms with Crippen molar-refractivity contribution in [2.45, 2.75) is 20.0 Å². The number of aromatic nitrogens is 8. The van der Waals surface area contributed by atoms with Crippen LogP contribution in [0.1, 0.15) is 11.4 Å². The number of fused-ring (bicyclic) bond motifs is 1. The van der Waals surface area contributed by atoms with Gasteiger partial charge in [-0.25, -0.2) is 9.78 Å². The van der Waals surface area contributed by atoms with E-state index in [-0.39, 0.29) is 24.4 Å². The molecule has 11 nitrogen and oxygen atoms in total. The molecule has 0 unspecified atom stereocenters. The van der Waals surface area contributed by atoms with E-state index in [1.807, 2.05) is 60.0 Å². The summed E-state index contributed by atoms with van der Waals surface area (Å²) in [5.41, 5.74) is 3.61. The summed E-state index contributed by atoms with van der Waals surface area (Å²) in [6, 6.07) is 15.9. The average molecular weight is 458 g/mol. The third-order valence-electron chi connectivity index (χ3n) is 5.71. The molecule has 0 radical (unpaired) electrons. The fourth-order valence-electron chi connectivity index (χ4n) is 4.01. The second-order valence-electron chi connectivity index (χ2n) is 7.80. The van der Waals surface area contributed by atoms with Gasteiger partial charge in [0.2, 0.25) is 5.82 Å². The molecule has 5 aromatic rings. The highest BCUT2D eigenvalue weighted by Gasteiger charge is 2.16. The van der Waals surface area contributed by atoms with Crippen LogP contribution < -0.4 is 11.2 Å². The van der Waals surface area contributed by atoms with Gasteiger partial charge in [0.25, 0.3) is 5.56 Å². The highest BCUT2D eigenvalue weighted by molar-refractivity contribution is 5.80. The Bertz CT molecular complexity index is 1560. The van der Waals surface area contributed by atoms with Crippen molar-refractivity contribution in [2.75, 3.05) is 13.7 Å². The Hall–Kier alpha value is -4.38. The Balaban J connectivity index is 1.50. The van der Waals surface area contributed by atoms with E-state index in [2.05, 4.69) is 30.6 Å². The average Bonchev–Trinajstić information content (AvgIpc) is 3.48. The van der Waals surface area contributed by atoms with Gasteiger partial charge in [-0.05, 0) is 28.8 Å². The number of imidazole rings is 1. The number of methoxy groups -OCH3 is 1. The summed E-state index contributed by atoms with van der Waals surface area (Å²) in [6.45, 7) is 2.67. The fourth-order valence-corrected chi connectivity index (χ4v) is 4.01. The minimum atomic E-state index is -0.496. The highest BCUT2D eigenvalue weighted by Crippen LogP contribution is 2.29. The van der Waals surface area contributed by atoms with Crippen LogP contribution in [-0.2, 0) is 17.8 Å². The summed E-state index contributed by atoms with van der Waals surface area (Å²) in [4.78, 5) is 32.5. The SMILES string of the molecule is COCCn1c(=O)[nH]c2nc(C)n(Cc3ccc(-c4ccccc4-c4nn[nH]n4)cc3)c2c1=O. The Kier molecular flexibility index (Phi) is 5.60. The van der Waals surface area contributed by atoms with Crippen LogP contribution in [0.15, 0.2) is 58.1 Å². The predicted octanol–water partition coefficient (Wildman–Crippen LogP) is 1.74. The maximum Gasteiger partial charge on any atom is 0.330 e. The van der Waals surface area contributed by atoms with Crippen LogP contribution in [0.5, 0.6) is 0 Å². The minimum Gasteiger partial charge on any atom is -0.383 e. The molecule has 5 rings (SSSR count). The molecule has 34 heavy (non-hydrogen) atoms. The van der Waals surface area contributed by atoms with Crippen LogP contribution in [0.3, 0.4) is 0 Å². The molecule has 0 saturated carbocycles. The van der Waals surface area contributed by atoms with E-state index in [0.717, 1.165) is 26.8 Å². The zero-order chi connectivity index (χ0) is 23.7. The molecule has 0 fully saturated rings. The van der Waals surface area contributed by atoms with Gasteiger partial charge in [-0.3, -0.25) is 14.3 Å². The van der Waals surface area contributed by atoms with Crippen LogP contribution in [0.4, 0.5) is 0 Å². The van der Waals surface area contributed by atoms with Gasteiger partial charge in [0.1, 0.15) is 5.82 Å². The lowest BCUT2D eigenvalue weighted by Crippen LogP contribution is -2.37. The van der Waals surface area contributed by atoms with Crippen molar-refractivity contribution in [3.63, 3.8) is 0 Å². The van der Waals surface area contributed by atoms with Gasteiger partial charge in [-0.15, -0.1) is 10.2 Å². The molecule has 0 amide bonds. The zero-order valence-corrected chi connectivity index (χ0v) is 18.6. The first-order valence-corrected chi connectivity index (χ1v) is 10.7. The second kappa shape index (κ2) is 8.87. The lowest BCUT2D eigenvalue weighted by atomic mass is 9.98. The molecule has 0 saturated heterocycles. The summed E-state index contributed by atoms with van der Waals surface area (Å²) in [6.07, 6.45) is 0. The third-order valence-corrected chi connectivity index (χ3v) is 5.71. The van der Waals surface area contributed by atoms with Gasteiger partial charge < -0.3 is 9.30 Å². The smallest absolute Gasteiger partial charge is 0.330 e. The van der Waals surface area contributed by atoms with Gasteiger partial charge >= 0.3 is 5.69 Å². The number of benzene rings is 2. The molecule has 0 aliphatic heterocycles. The standard InChI is InChI=1S/C23H22N8O3/c1-14-24-21-19(22(32)30(11-12-34-2)23(33)25-21)31(14)13-15-7-9-16(10-8-15)17-5-3-4-6-18(17)20-26-28-29-27-20/h3-10H,11-13H2,1-2H3,(H,25,33)(H,26,27,28,29). The monoisotopic (exact) mass is 458 g/mol. The maximum absolute atomic E-state index is 13.1. The number of rotatable bonds is 7. The Morgan fingerprint density at radius 3 is 2.47 bits per heavy atom. The van der Waals surface area contributed by atoms with Crippen LogP contribution >= 0.6 is 0 Å². The first kappa shape index (κ1) is 21.5. The molecule has 172 valence electrons. The van der Waals surface area contributed by atoms with Gasteiger partial charge in [0, 0.05) is 19.2 Å². The molecule has 0 spiro atoms. The third kappa shape index (κ3) is 3.82. The summed E-state index contributed by atoms with van der Waals surface area (Å²) in [7, 11) is 1.52. The second-order valence-corrected chi connectivity index (χ2v) is 7.80. The number of tetrazole rings is 1. The number of hydrogen-bond acceptors (Lipinski definition) is 7. The summed E-state index contributed by atoms with van der Waals surface area (Å²) >= 11 is 0. The van der Waals surface area contributed by atoms with Gasteiger partial charge in [0.05, 0.1) is 13.2 Å². The summed E-state index contributed by atoms with van der Waals surface area (Å²) in [5.74, 6) is 1.16. The van der Waals surface area contributed by atoms with Crippen LogP contribution in [0.2, 0.25) is 0 Å². The number of H-pyrrole nitrogens is 2. The van der Waals surface area contributed by atoms with E-state index in [9.17, 15) is 9.59 Å². The molecule has 0 aliphatic carbocycles. The van der Waals surface area contributed by atoms with E-state index in [0.29, 0.717) is 23.7 Å². The quantitative estimate of drug-likeness (QED) is 0.379. The van der Waals surface area contributed by atoms with Crippen LogP contribution in [0, 0.1) is 6.92 Å². The molecule has 11 heteroatoms. The summed E-state index contributed by atoms with van der Waals surface area (Å²) < 4.78 is 7.99. The van der Waals surface area contributed by atoms with Gasteiger partial charge in [0.15, 0.2) is 11.2 Å². The predicted molar refractivity (Wildman–Crippen MR) is 125 cm³/mol. The first-order valence-electron chi connectivity index (χ1n) is 10.7. The Labute approximate surface area is 193 Å². The normalized spacial score (nSPS) is 11.4. The van der Waals surface area contributed by atoms with Crippen molar-refractivity contribution in [2.24, 2.45) is 0 Å². The van der Waals surface area contributed by atoms with Crippen molar-refractivity contribution in [1.82, 2.24) is 39.7 Å². The maximum atomic E-state index is 13.1. The topological polar surface area (TPSA) is 136 Å². The van der Waals surface area contributed by atoms with E-state index < -0.39 is 5.69 Å². The number of nitrogens with one attached hydrogen (secondary N) is 2. The molecule has 2 aromatic carbocycles.